The first-order valence-electron chi connectivity index (χ1n) is 8.08. The number of nitrogens with one attached hydrogen (secondary N) is 2. The Bertz CT molecular complexity index is 667. The van der Waals surface area contributed by atoms with Crippen molar-refractivity contribution in [1.82, 2.24) is 15.5 Å². The Morgan fingerprint density at radius 2 is 1.64 bits per heavy atom. The summed E-state index contributed by atoms with van der Waals surface area (Å²) >= 11 is 0. The zero-order valence-corrected chi connectivity index (χ0v) is 14.2. The van der Waals surface area contributed by atoms with Gasteiger partial charge >= 0.3 is 0 Å². The molecule has 0 aromatic heterocycles. The van der Waals surface area contributed by atoms with Gasteiger partial charge in [0, 0.05) is 13.1 Å². The molecular weight excluding hydrogens is 324 g/mol. The zero-order valence-electron chi connectivity index (χ0n) is 14.2. The lowest BCUT2D eigenvalue weighted by Crippen LogP contribution is -2.48. The molecule has 0 unspecified atom stereocenters. The first-order chi connectivity index (χ1) is 11.8. The molecule has 0 saturated carbocycles. The van der Waals surface area contributed by atoms with Crippen LogP contribution in [0.1, 0.15) is 34.6 Å². The first-order valence-corrected chi connectivity index (χ1v) is 8.08. The van der Waals surface area contributed by atoms with Crippen molar-refractivity contribution in [3.8, 4) is 0 Å². The third kappa shape index (κ3) is 4.21. The van der Waals surface area contributed by atoms with Crippen LogP contribution in [0, 0.1) is 5.92 Å². The van der Waals surface area contributed by atoms with Gasteiger partial charge in [0.1, 0.15) is 0 Å². The quantitative estimate of drug-likeness (QED) is 0.575. The van der Waals surface area contributed by atoms with E-state index in [0.717, 1.165) is 4.90 Å². The van der Waals surface area contributed by atoms with Crippen LogP contribution in [-0.2, 0) is 9.59 Å². The third-order valence-corrected chi connectivity index (χ3v) is 3.98. The largest absolute Gasteiger partial charge is 0.353 e. The Morgan fingerprint density at radius 1 is 1.08 bits per heavy atom. The van der Waals surface area contributed by atoms with Gasteiger partial charge in [-0.3, -0.25) is 24.1 Å². The van der Waals surface area contributed by atoms with Crippen LogP contribution < -0.4 is 16.4 Å². The summed E-state index contributed by atoms with van der Waals surface area (Å²) in [5.74, 6) is -1.58. The van der Waals surface area contributed by atoms with Gasteiger partial charge in [-0.25, -0.2) is 0 Å². The number of carbonyl (C=O) groups is 4. The van der Waals surface area contributed by atoms with E-state index in [4.69, 9.17) is 5.73 Å². The smallest absolute Gasteiger partial charge is 0.261 e. The predicted octanol–water partition coefficient (Wildman–Crippen LogP) is -0.502. The van der Waals surface area contributed by atoms with E-state index >= 15 is 0 Å². The van der Waals surface area contributed by atoms with E-state index in [2.05, 4.69) is 10.6 Å². The third-order valence-electron chi connectivity index (χ3n) is 3.98. The highest BCUT2D eigenvalue weighted by Gasteiger charge is 2.34. The molecule has 1 aromatic carbocycles. The molecule has 8 heteroatoms. The van der Waals surface area contributed by atoms with Crippen LogP contribution in [0.25, 0.3) is 0 Å². The molecule has 4 amide bonds. The molecule has 1 heterocycles. The molecule has 0 fully saturated rings. The van der Waals surface area contributed by atoms with Gasteiger partial charge in [0.05, 0.1) is 23.7 Å². The van der Waals surface area contributed by atoms with Crippen LogP contribution in [0.15, 0.2) is 24.3 Å². The lowest BCUT2D eigenvalue weighted by atomic mass is 10.1. The van der Waals surface area contributed by atoms with E-state index in [0.29, 0.717) is 11.1 Å². The van der Waals surface area contributed by atoms with E-state index in [1.54, 1.807) is 24.3 Å². The minimum Gasteiger partial charge on any atom is -0.353 e. The van der Waals surface area contributed by atoms with E-state index in [-0.39, 0.29) is 37.4 Å². The summed E-state index contributed by atoms with van der Waals surface area (Å²) in [7, 11) is 0. The standard InChI is InChI=1S/C17H22N4O4/c1-10(2)14(18)15(23)20-9-13(22)19-7-8-21-16(24)11-5-3-4-6-12(11)17(21)25/h3-6,10,14H,7-9,18H2,1-2H3,(H,19,22)(H,20,23)/t14-/m0/s1. The molecule has 8 nitrogen and oxygen atoms in total. The number of hydrogen-bond donors (Lipinski definition) is 3. The van der Waals surface area contributed by atoms with Crippen molar-refractivity contribution < 1.29 is 19.2 Å². The Balaban J connectivity index is 1.76. The molecule has 1 aromatic rings. The fourth-order valence-electron chi connectivity index (χ4n) is 2.40. The molecule has 2 rings (SSSR count). The van der Waals surface area contributed by atoms with Gasteiger partial charge in [0.25, 0.3) is 11.8 Å². The number of hydrogen-bond acceptors (Lipinski definition) is 5. The lowest BCUT2D eigenvalue weighted by molar-refractivity contribution is -0.127. The minimum absolute atomic E-state index is 0.0307. The van der Waals surface area contributed by atoms with Crippen LogP contribution in [0.4, 0.5) is 0 Å². The highest BCUT2D eigenvalue weighted by molar-refractivity contribution is 6.21. The molecule has 0 saturated heterocycles. The number of nitrogens with two attached hydrogens (primary N) is 1. The Kier molecular flexibility index (Phi) is 5.87. The summed E-state index contributed by atoms with van der Waals surface area (Å²) in [5, 5.41) is 5.01. The molecule has 1 aliphatic rings. The fraction of sp³-hybridized carbons (Fsp3) is 0.412. The van der Waals surface area contributed by atoms with Crippen molar-refractivity contribution in [2.45, 2.75) is 19.9 Å². The second kappa shape index (κ2) is 7.89. The van der Waals surface area contributed by atoms with Gasteiger partial charge < -0.3 is 16.4 Å². The van der Waals surface area contributed by atoms with E-state index in [1.165, 1.54) is 0 Å². The minimum atomic E-state index is -0.675. The number of fused-ring (bicyclic) bond motifs is 1. The van der Waals surface area contributed by atoms with Gasteiger partial charge in [-0.2, -0.15) is 0 Å². The number of imide groups is 1. The molecule has 4 N–H and O–H groups in total. The first kappa shape index (κ1) is 18.6. The summed E-state index contributed by atoms with van der Waals surface area (Å²) < 4.78 is 0. The Morgan fingerprint density at radius 3 is 2.16 bits per heavy atom. The van der Waals surface area contributed by atoms with E-state index < -0.39 is 17.9 Å². The number of nitrogens with zero attached hydrogens (tertiary/aromatic N) is 1. The number of rotatable bonds is 7. The lowest BCUT2D eigenvalue weighted by Gasteiger charge is -2.16. The molecular formula is C17H22N4O4. The second-order valence-corrected chi connectivity index (χ2v) is 6.15. The van der Waals surface area contributed by atoms with Crippen molar-refractivity contribution >= 4 is 23.6 Å². The summed E-state index contributed by atoms with van der Waals surface area (Å²) in [4.78, 5) is 48.8. The number of carbonyl (C=O) groups excluding carboxylic acids is 4. The van der Waals surface area contributed by atoms with Crippen molar-refractivity contribution in [2.24, 2.45) is 11.7 Å². The van der Waals surface area contributed by atoms with Gasteiger partial charge in [0.2, 0.25) is 11.8 Å². The second-order valence-electron chi connectivity index (χ2n) is 6.15. The highest BCUT2D eigenvalue weighted by Crippen LogP contribution is 2.21. The van der Waals surface area contributed by atoms with Crippen LogP contribution >= 0.6 is 0 Å². The maximum Gasteiger partial charge on any atom is 0.261 e. The van der Waals surface area contributed by atoms with Crippen molar-refractivity contribution in [3.05, 3.63) is 35.4 Å². The maximum absolute atomic E-state index is 12.2. The zero-order chi connectivity index (χ0) is 18.6. The summed E-state index contributed by atoms with van der Waals surface area (Å²) in [6.45, 7) is 3.59. The fourth-order valence-corrected chi connectivity index (χ4v) is 2.40. The average Bonchev–Trinajstić information content (AvgIpc) is 2.84. The normalized spacial score (nSPS) is 14.5. The summed E-state index contributed by atoms with van der Waals surface area (Å²) in [6, 6.07) is 5.91. The molecule has 1 atom stereocenters. The van der Waals surface area contributed by atoms with Gasteiger partial charge in [0.15, 0.2) is 0 Å². The molecule has 0 radical (unpaired) electrons. The molecule has 1 aliphatic heterocycles. The van der Waals surface area contributed by atoms with Crippen LogP contribution in [-0.4, -0.2) is 54.2 Å². The average molecular weight is 346 g/mol. The van der Waals surface area contributed by atoms with Gasteiger partial charge in [-0.15, -0.1) is 0 Å². The molecule has 25 heavy (non-hydrogen) atoms. The number of amides is 4. The topological polar surface area (TPSA) is 122 Å². The summed E-state index contributed by atoms with van der Waals surface area (Å²) in [6.07, 6.45) is 0. The molecule has 134 valence electrons. The highest BCUT2D eigenvalue weighted by atomic mass is 16.2. The maximum atomic E-state index is 12.2. The molecule has 0 aliphatic carbocycles. The molecule has 0 bridgehead atoms. The van der Waals surface area contributed by atoms with Crippen LogP contribution in [0.3, 0.4) is 0 Å². The Hall–Kier alpha value is -2.74. The van der Waals surface area contributed by atoms with E-state index in [9.17, 15) is 19.2 Å². The molecule has 0 spiro atoms. The van der Waals surface area contributed by atoms with Crippen molar-refractivity contribution in [1.29, 1.82) is 0 Å². The van der Waals surface area contributed by atoms with Gasteiger partial charge in [-0.1, -0.05) is 26.0 Å². The Labute approximate surface area is 145 Å². The summed E-state index contributed by atoms with van der Waals surface area (Å²) in [5.41, 5.74) is 6.41. The van der Waals surface area contributed by atoms with E-state index in [1.807, 2.05) is 13.8 Å². The van der Waals surface area contributed by atoms with Crippen LogP contribution in [0.2, 0.25) is 0 Å². The van der Waals surface area contributed by atoms with Crippen molar-refractivity contribution in [2.75, 3.05) is 19.6 Å². The SMILES string of the molecule is CC(C)[C@H](N)C(=O)NCC(=O)NCCN1C(=O)c2ccccc2C1=O. The predicted molar refractivity (Wildman–Crippen MR) is 90.6 cm³/mol. The van der Waals surface area contributed by atoms with Gasteiger partial charge in [-0.05, 0) is 18.1 Å². The van der Waals surface area contributed by atoms with Crippen LogP contribution in [0.5, 0.6) is 0 Å². The van der Waals surface area contributed by atoms with Crippen molar-refractivity contribution in [3.63, 3.8) is 0 Å². The monoisotopic (exact) mass is 346 g/mol. The number of benzene rings is 1.